The summed E-state index contributed by atoms with van der Waals surface area (Å²) < 4.78 is 5.43. The van der Waals surface area contributed by atoms with E-state index in [4.69, 9.17) is 16.3 Å². The van der Waals surface area contributed by atoms with Gasteiger partial charge in [-0.1, -0.05) is 37.6 Å². The van der Waals surface area contributed by atoms with E-state index in [1.807, 2.05) is 27.7 Å². The summed E-state index contributed by atoms with van der Waals surface area (Å²) in [5, 5.41) is 5.97. The van der Waals surface area contributed by atoms with Gasteiger partial charge in [0.2, 0.25) is 5.91 Å². The number of rotatable bonds is 9. The second-order valence-electron chi connectivity index (χ2n) is 6.24. The van der Waals surface area contributed by atoms with Crippen molar-refractivity contribution >= 4 is 23.4 Å². The molecule has 0 fully saturated rings. The Morgan fingerprint density at radius 2 is 1.83 bits per heavy atom. The summed E-state index contributed by atoms with van der Waals surface area (Å²) in [6.45, 7) is 8.82. The average Bonchev–Trinajstić information content (AvgIpc) is 2.51. The minimum atomic E-state index is -0.611. The van der Waals surface area contributed by atoms with Gasteiger partial charge in [0, 0.05) is 13.2 Å². The quantitative estimate of drug-likeness (QED) is 0.670. The molecule has 2 N–H and O–H groups in total. The van der Waals surface area contributed by atoms with Gasteiger partial charge >= 0.3 is 0 Å². The molecule has 0 saturated carbocycles. The molecule has 1 rings (SSSR count). The van der Waals surface area contributed by atoms with Crippen LogP contribution in [0.2, 0.25) is 5.02 Å². The Bertz CT molecular complexity index is 547. The molecule has 134 valence electrons. The zero-order valence-electron chi connectivity index (χ0n) is 14.8. The number of nitrogens with one attached hydrogen (secondary N) is 2. The normalized spacial score (nSPS) is 12.3. The highest BCUT2D eigenvalue weighted by Crippen LogP contribution is 2.15. The maximum atomic E-state index is 12.3. The molecule has 0 bridgehead atoms. The van der Waals surface area contributed by atoms with E-state index < -0.39 is 6.04 Å². The lowest BCUT2D eigenvalue weighted by Crippen LogP contribution is -2.50. The first-order chi connectivity index (χ1) is 11.3. The average molecular weight is 355 g/mol. The maximum absolute atomic E-state index is 12.3. The monoisotopic (exact) mass is 354 g/mol. The number of carbonyl (C=O) groups excluding carboxylic acids is 2. The Morgan fingerprint density at radius 1 is 1.17 bits per heavy atom. The highest BCUT2D eigenvalue weighted by atomic mass is 35.5. The minimum Gasteiger partial charge on any atom is -0.379 e. The number of halogens is 1. The van der Waals surface area contributed by atoms with E-state index in [-0.39, 0.29) is 23.8 Å². The molecule has 2 amide bonds. The van der Waals surface area contributed by atoms with E-state index >= 15 is 0 Å². The molecule has 0 spiro atoms. The lowest BCUT2D eigenvalue weighted by molar-refractivity contribution is -0.124. The Morgan fingerprint density at radius 3 is 2.42 bits per heavy atom. The SMILES string of the molecule is CC(C)OCCCNC(=O)C(NC(=O)c1ccccc1Cl)C(C)C. The van der Waals surface area contributed by atoms with Crippen LogP contribution in [0.1, 0.15) is 44.5 Å². The molecule has 1 aromatic rings. The van der Waals surface area contributed by atoms with Crippen LogP contribution < -0.4 is 10.6 Å². The van der Waals surface area contributed by atoms with Crippen molar-refractivity contribution in [2.45, 2.75) is 46.3 Å². The standard InChI is InChI=1S/C18H27ClN2O3/c1-12(2)16(18(23)20-10-7-11-24-13(3)4)21-17(22)14-8-5-6-9-15(14)19/h5-6,8-9,12-13,16H,7,10-11H2,1-4H3,(H,20,23)(H,21,22). The number of ether oxygens (including phenoxy) is 1. The zero-order valence-corrected chi connectivity index (χ0v) is 15.5. The minimum absolute atomic E-state index is 0.0386. The van der Waals surface area contributed by atoms with E-state index in [9.17, 15) is 9.59 Å². The third kappa shape index (κ3) is 6.89. The van der Waals surface area contributed by atoms with Gasteiger partial charge in [-0.15, -0.1) is 0 Å². The second-order valence-corrected chi connectivity index (χ2v) is 6.65. The summed E-state index contributed by atoms with van der Waals surface area (Å²) in [5.74, 6) is -0.587. The molecule has 0 aromatic heterocycles. The van der Waals surface area contributed by atoms with Crippen LogP contribution in [0.3, 0.4) is 0 Å². The molecule has 0 radical (unpaired) electrons. The van der Waals surface area contributed by atoms with E-state index in [1.165, 1.54) is 0 Å². The molecule has 1 unspecified atom stereocenters. The van der Waals surface area contributed by atoms with Crippen molar-refractivity contribution in [3.05, 3.63) is 34.9 Å². The number of hydrogen-bond acceptors (Lipinski definition) is 3. The Labute approximate surface area is 149 Å². The van der Waals surface area contributed by atoms with E-state index in [0.717, 1.165) is 6.42 Å². The van der Waals surface area contributed by atoms with Crippen molar-refractivity contribution in [3.63, 3.8) is 0 Å². The predicted octanol–water partition coefficient (Wildman–Crippen LogP) is 3.03. The van der Waals surface area contributed by atoms with E-state index in [0.29, 0.717) is 23.7 Å². The van der Waals surface area contributed by atoms with Gasteiger partial charge in [-0.25, -0.2) is 0 Å². The fourth-order valence-electron chi connectivity index (χ4n) is 2.11. The lowest BCUT2D eigenvalue weighted by Gasteiger charge is -2.22. The summed E-state index contributed by atoms with van der Waals surface area (Å²) in [4.78, 5) is 24.7. The first-order valence-corrected chi connectivity index (χ1v) is 8.65. The van der Waals surface area contributed by atoms with Crippen LogP contribution in [0.25, 0.3) is 0 Å². The molecule has 0 aliphatic heterocycles. The van der Waals surface area contributed by atoms with Crippen LogP contribution in [0.5, 0.6) is 0 Å². The van der Waals surface area contributed by atoms with Crippen molar-refractivity contribution < 1.29 is 14.3 Å². The summed E-state index contributed by atoms with van der Waals surface area (Å²) in [5.41, 5.74) is 0.364. The Kier molecular flexibility index (Phi) is 8.79. The molecule has 1 atom stereocenters. The number of amides is 2. The fourth-order valence-corrected chi connectivity index (χ4v) is 2.33. The van der Waals surface area contributed by atoms with Gasteiger partial charge in [-0.2, -0.15) is 0 Å². The van der Waals surface area contributed by atoms with Gasteiger partial charge in [0.05, 0.1) is 16.7 Å². The van der Waals surface area contributed by atoms with Crippen LogP contribution in [-0.2, 0) is 9.53 Å². The smallest absolute Gasteiger partial charge is 0.253 e. The molecule has 0 aliphatic carbocycles. The first-order valence-electron chi connectivity index (χ1n) is 8.27. The summed E-state index contributed by atoms with van der Waals surface area (Å²) in [6.07, 6.45) is 0.909. The fraction of sp³-hybridized carbons (Fsp3) is 0.556. The van der Waals surface area contributed by atoms with Gasteiger partial charge in [-0.05, 0) is 38.3 Å². The number of carbonyl (C=O) groups is 2. The van der Waals surface area contributed by atoms with Crippen molar-refractivity contribution in [1.29, 1.82) is 0 Å². The third-order valence-corrected chi connectivity index (χ3v) is 3.76. The zero-order chi connectivity index (χ0) is 18.1. The van der Waals surface area contributed by atoms with Crippen LogP contribution in [0.15, 0.2) is 24.3 Å². The van der Waals surface area contributed by atoms with Gasteiger partial charge < -0.3 is 15.4 Å². The summed E-state index contributed by atoms with van der Waals surface area (Å²) in [7, 11) is 0. The summed E-state index contributed by atoms with van der Waals surface area (Å²) >= 11 is 6.03. The molecular formula is C18H27ClN2O3. The second kappa shape index (κ2) is 10.3. The Balaban J connectivity index is 2.55. The van der Waals surface area contributed by atoms with Gasteiger partial charge in [0.1, 0.15) is 6.04 Å². The molecular weight excluding hydrogens is 328 g/mol. The maximum Gasteiger partial charge on any atom is 0.253 e. The topological polar surface area (TPSA) is 67.4 Å². The molecule has 0 saturated heterocycles. The molecule has 24 heavy (non-hydrogen) atoms. The lowest BCUT2D eigenvalue weighted by atomic mass is 10.0. The molecule has 5 nitrogen and oxygen atoms in total. The van der Waals surface area contributed by atoms with Crippen LogP contribution >= 0.6 is 11.6 Å². The van der Waals surface area contributed by atoms with Crippen molar-refractivity contribution in [1.82, 2.24) is 10.6 Å². The molecule has 6 heteroatoms. The third-order valence-electron chi connectivity index (χ3n) is 3.43. The van der Waals surface area contributed by atoms with Crippen molar-refractivity contribution in [2.75, 3.05) is 13.2 Å². The first kappa shape index (κ1) is 20.5. The van der Waals surface area contributed by atoms with Crippen molar-refractivity contribution in [3.8, 4) is 0 Å². The molecule has 1 aromatic carbocycles. The largest absolute Gasteiger partial charge is 0.379 e. The van der Waals surface area contributed by atoms with Crippen LogP contribution in [0.4, 0.5) is 0 Å². The van der Waals surface area contributed by atoms with E-state index in [1.54, 1.807) is 24.3 Å². The number of hydrogen-bond donors (Lipinski definition) is 2. The van der Waals surface area contributed by atoms with Crippen molar-refractivity contribution in [2.24, 2.45) is 5.92 Å². The van der Waals surface area contributed by atoms with Gasteiger partial charge in [0.25, 0.3) is 5.91 Å². The molecule has 0 heterocycles. The summed E-state index contributed by atoms with van der Waals surface area (Å²) in [6, 6.07) is 6.16. The Hall–Kier alpha value is -1.59. The highest BCUT2D eigenvalue weighted by Gasteiger charge is 2.25. The van der Waals surface area contributed by atoms with Crippen LogP contribution in [-0.4, -0.2) is 37.1 Å². The van der Waals surface area contributed by atoms with Gasteiger partial charge in [0.15, 0.2) is 0 Å². The predicted molar refractivity (Wildman–Crippen MR) is 96.3 cm³/mol. The highest BCUT2D eigenvalue weighted by molar-refractivity contribution is 6.33. The van der Waals surface area contributed by atoms with E-state index in [2.05, 4.69) is 10.6 Å². The van der Waals surface area contributed by atoms with Gasteiger partial charge in [-0.3, -0.25) is 9.59 Å². The molecule has 0 aliphatic rings. The number of benzene rings is 1. The van der Waals surface area contributed by atoms with Crippen LogP contribution in [0, 0.1) is 5.92 Å².